The predicted molar refractivity (Wildman–Crippen MR) is 96.4 cm³/mol. The highest BCUT2D eigenvalue weighted by Crippen LogP contribution is 2.26. The van der Waals surface area contributed by atoms with E-state index < -0.39 is 6.17 Å². The number of aromatic nitrogens is 1. The molecule has 2 aliphatic rings. The molecule has 0 aromatic carbocycles. The molecule has 7 heteroatoms. The molecule has 3 atom stereocenters. The van der Waals surface area contributed by atoms with Gasteiger partial charge in [0.25, 0.3) is 0 Å². The largest absolute Gasteiger partial charge is 0.378 e. The number of aryl methyl sites for hydroxylation is 1. The Balaban J connectivity index is 1.53. The molecular weight excluding hydrogens is 341 g/mol. The Labute approximate surface area is 153 Å². The lowest BCUT2D eigenvalue weighted by atomic mass is 10.1. The Morgan fingerprint density at radius 1 is 1.52 bits per heavy atom. The van der Waals surface area contributed by atoms with Crippen LogP contribution in [-0.2, 0) is 16.1 Å². The van der Waals surface area contributed by atoms with E-state index in [1.165, 1.54) is 4.88 Å². The Morgan fingerprint density at radius 2 is 2.36 bits per heavy atom. The summed E-state index contributed by atoms with van der Waals surface area (Å²) >= 11 is 1.62. The van der Waals surface area contributed by atoms with E-state index in [1.54, 1.807) is 16.2 Å². The fraction of sp³-hybridized carbons (Fsp3) is 0.778. The lowest BCUT2D eigenvalue weighted by Crippen LogP contribution is -2.42. The van der Waals surface area contributed by atoms with Gasteiger partial charge in [0.15, 0.2) is 0 Å². The summed E-state index contributed by atoms with van der Waals surface area (Å²) < 4.78 is 19.7. The zero-order chi connectivity index (χ0) is 17.8. The fourth-order valence-electron chi connectivity index (χ4n) is 3.71. The highest BCUT2D eigenvalue weighted by Gasteiger charge is 2.34. The standard InChI is InChI=1S/C18H28FN3O2S/c1-13-17(25-12-20-13)11-22-9-14(19)7-15(22)10-21(2)18(23)8-16-5-3-4-6-24-16/h12,14-16H,3-11H2,1-2H3/t14-,15-,16?/m0/s1. The molecule has 0 N–H and O–H groups in total. The van der Waals surface area contributed by atoms with Crippen molar-refractivity contribution >= 4 is 17.2 Å². The summed E-state index contributed by atoms with van der Waals surface area (Å²) in [4.78, 5) is 21.9. The minimum absolute atomic E-state index is 0.0529. The molecule has 3 heterocycles. The maximum Gasteiger partial charge on any atom is 0.224 e. The number of nitrogens with zero attached hydrogens (tertiary/aromatic N) is 3. The van der Waals surface area contributed by atoms with Crippen LogP contribution < -0.4 is 0 Å². The fourth-order valence-corrected chi connectivity index (χ4v) is 4.51. The number of likely N-dealkylation sites (N-methyl/N-ethyl adjacent to an activating group) is 1. The molecule has 1 aromatic rings. The van der Waals surface area contributed by atoms with Gasteiger partial charge in [-0.15, -0.1) is 11.3 Å². The van der Waals surface area contributed by atoms with E-state index in [0.717, 1.165) is 38.1 Å². The number of thiazole rings is 1. The lowest BCUT2D eigenvalue weighted by Gasteiger charge is -2.29. The van der Waals surface area contributed by atoms with Crippen LogP contribution in [0.1, 0.15) is 42.7 Å². The predicted octanol–water partition coefficient (Wildman–Crippen LogP) is 2.78. The van der Waals surface area contributed by atoms with Gasteiger partial charge in [-0.05, 0) is 32.6 Å². The van der Waals surface area contributed by atoms with Crippen LogP contribution in [0.15, 0.2) is 5.51 Å². The summed E-state index contributed by atoms with van der Waals surface area (Å²) in [6.07, 6.45) is 3.36. The van der Waals surface area contributed by atoms with Crippen LogP contribution in [0.3, 0.4) is 0 Å². The van der Waals surface area contributed by atoms with Crippen molar-refractivity contribution in [3.63, 3.8) is 0 Å². The number of halogens is 1. The quantitative estimate of drug-likeness (QED) is 0.774. The monoisotopic (exact) mass is 369 g/mol. The lowest BCUT2D eigenvalue weighted by molar-refractivity contribution is -0.134. The van der Waals surface area contributed by atoms with Crippen LogP contribution in [0.5, 0.6) is 0 Å². The normalized spacial score (nSPS) is 27.6. The molecule has 0 aliphatic carbocycles. The van der Waals surface area contributed by atoms with Crippen molar-refractivity contribution < 1.29 is 13.9 Å². The second kappa shape index (κ2) is 8.56. The summed E-state index contributed by atoms with van der Waals surface area (Å²) in [6, 6.07) is 0.0673. The first kappa shape index (κ1) is 18.7. The summed E-state index contributed by atoms with van der Waals surface area (Å²) in [7, 11) is 1.83. The number of carbonyl (C=O) groups is 1. The van der Waals surface area contributed by atoms with Gasteiger partial charge in [-0.1, -0.05) is 0 Å². The molecule has 1 aromatic heterocycles. The zero-order valence-electron chi connectivity index (χ0n) is 15.1. The molecule has 1 amide bonds. The number of carbonyl (C=O) groups excluding carboxylic acids is 1. The van der Waals surface area contributed by atoms with Crippen molar-refractivity contribution in [1.82, 2.24) is 14.8 Å². The van der Waals surface area contributed by atoms with Crippen molar-refractivity contribution in [3.05, 3.63) is 16.1 Å². The third kappa shape index (κ3) is 4.99. The molecule has 0 radical (unpaired) electrons. The molecule has 0 bridgehead atoms. The van der Waals surface area contributed by atoms with Crippen LogP contribution in [0.4, 0.5) is 4.39 Å². The maximum atomic E-state index is 14.0. The van der Waals surface area contributed by atoms with E-state index in [-0.39, 0.29) is 18.1 Å². The van der Waals surface area contributed by atoms with E-state index in [9.17, 15) is 9.18 Å². The molecule has 2 fully saturated rings. The zero-order valence-corrected chi connectivity index (χ0v) is 15.9. The van der Waals surface area contributed by atoms with Gasteiger partial charge in [0.05, 0.1) is 23.7 Å². The minimum Gasteiger partial charge on any atom is -0.378 e. The van der Waals surface area contributed by atoms with Crippen LogP contribution in [-0.4, -0.2) is 65.8 Å². The summed E-state index contributed by atoms with van der Waals surface area (Å²) in [6.45, 7) is 4.48. The Kier molecular flexibility index (Phi) is 6.41. The second-order valence-electron chi connectivity index (χ2n) is 7.24. The molecule has 3 rings (SSSR count). The number of likely N-dealkylation sites (tertiary alicyclic amines) is 1. The third-order valence-electron chi connectivity index (χ3n) is 5.26. The van der Waals surface area contributed by atoms with Crippen LogP contribution in [0, 0.1) is 6.92 Å². The molecule has 140 valence electrons. The average Bonchev–Trinajstić information content (AvgIpc) is 3.14. The number of ether oxygens (including phenoxy) is 1. The summed E-state index contributed by atoms with van der Waals surface area (Å²) in [5, 5.41) is 0. The van der Waals surface area contributed by atoms with Crippen molar-refractivity contribution in [3.8, 4) is 0 Å². The first-order valence-electron chi connectivity index (χ1n) is 9.15. The molecule has 1 unspecified atom stereocenters. The molecule has 25 heavy (non-hydrogen) atoms. The minimum atomic E-state index is -0.816. The molecule has 5 nitrogen and oxygen atoms in total. The van der Waals surface area contributed by atoms with Crippen LogP contribution >= 0.6 is 11.3 Å². The van der Waals surface area contributed by atoms with Crippen molar-refractivity contribution in [2.45, 2.75) is 63.9 Å². The number of hydrogen-bond acceptors (Lipinski definition) is 5. The van der Waals surface area contributed by atoms with E-state index in [4.69, 9.17) is 4.74 Å². The number of hydrogen-bond donors (Lipinski definition) is 0. The van der Waals surface area contributed by atoms with Gasteiger partial charge in [-0.3, -0.25) is 9.69 Å². The number of alkyl halides is 1. The summed E-state index contributed by atoms with van der Waals surface area (Å²) in [5.41, 5.74) is 2.85. The van der Waals surface area contributed by atoms with E-state index in [1.807, 2.05) is 19.5 Å². The Hall–Kier alpha value is -1.05. The molecular formula is C18H28FN3O2S. The van der Waals surface area contributed by atoms with Gasteiger partial charge in [0.1, 0.15) is 6.17 Å². The number of rotatable bonds is 6. The van der Waals surface area contributed by atoms with Crippen LogP contribution in [0.25, 0.3) is 0 Å². The van der Waals surface area contributed by atoms with Gasteiger partial charge < -0.3 is 9.64 Å². The molecule has 0 saturated carbocycles. The molecule has 2 aliphatic heterocycles. The third-order valence-corrected chi connectivity index (χ3v) is 6.17. The first-order chi connectivity index (χ1) is 12.0. The maximum absolute atomic E-state index is 14.0. The van der Waals surface area contributed by atoms with Gasteiger partial charge >= 0.3 is 0 Å². The molecule has 0 spiro atoms. The van der Waals surface area contributed by atoms with Crippen molar-refractivity contribution in [2.24, 2.45) is 0 Å². The van der Waals surface area contributed by atoms with Gasteiger partial charge in [0.2, 0.25) is 5.91 Å². The topological polar surface area (TPSA) is 45.7 Å². The smallest absolute Gasteiger partial charge is 0.224 e. The van der Waals surface area contributed by atoms with Gasteiger partial charge in [-0.2, -0.15) is 0 Å². The SMILES string of the molecule is Cc1ncsc1CN1C[C@@H](F)C[C@H]1CN(C)C(=O)CC1CCCCO1. The van der Waals surface area contributed by atoms with E-state index in [2.05, 4.69) is 9.88 Å². The second-order valence-corrected chi connectivity index (χ2v) is 8.18. The Morgan fingerprint density at radius 3 is 3.04 bits per heavy atom. The van der Waals surface area contributed by atoms with Gasteiger partial charge in [0, 0.05) is 44.2 Å². The van der Waals surface area contributed by atoms with Crippen LogP contribution in [0.2, 0.25) is 0 Å². The van der Waals surface area contributed by atoms with E-state index in [0.29, 0.717) is 25.9 Å². The Bertz CT molecular complexity index is 576. The van der Waals surface area contributed by atoms with E-state index >= 15 is 0 Å². The van der Waals surface area contributed by atoms with Gasteiger partial charge in [-0.25, -0.2) is 9.37 Å². The average molecular weight is 370 g/mol. The highest BCUT2D eigenvalue weighted by atomic mass is 32.1. The van der Waals surface area contributed by atoms with Crippen molar-refractivity contribution in [2.75, 3.05) is 26.7 Å². The summed E-state index contributed by atoms with van der Waals surface area (Å²) in [5.74, 6) is 0.100. The number of amides is 1. The highest BCUT2D eigenvalue weighted by molar-refractivity contribution is 7.09. The van der Waals surface area contributed by atoms with Crippen molar-refractivity contribution in [1.29, 1.82) is 0 Å². The first-order valence-corrected chi connectivity index (χ1v) is 10.0. The molecule has 2 saturated heterocycles.